The zero-order chi connectivity index (χ0) is 18.1. The summed E-state index contributed by atoms with van der Waals surface area (Å²) in [4.78, 5) is 2.69. The van der Waals surface area contributed by atoms with E-state index >= 15 is 0 Å². The Morgan fingerprint density at radius 1 is 1.08 bits per heavy atom. The molecule has 0 bridgehead atoms. The van der Waals surface area contributed by atoms with Gasteiger partial charge in [-0.25, -0.2) is 0 Å². The molecule has 2 aliphatic rings. The highest BCUT2D eigenvalue weighted by Crippen LogP contribution is 2.56. The summed E-state index contributed by atoms with van der Waals surface area (Å²) in [5.74, 6) is 0.725. The standard InChI is InChI=1S/C25H31N/c1-4-25(17-19(2)16-20(3)18-25)24-23-13-9-8-10-21(23)14-15-26(24)22-11-6-5-7-12-22/h5-13,20,24H,2,4,14-18H2,1,3H3/t20?,24-,25?/m1/s1. The molecule has 1 fully saturated rings. The molecule has 0 radical (unpaired) electrons. The second kappa shape index (κ2) is 6.95. The highest BCUT2D eigenvalue weighted by atomic mass is 15.2. The minimum absolute atomic E-state index is 0.279. The van der Waals surface area contributed by atoms with Crippen LogP contribution in [0.5, 0.6) is 0 Å². The highest BCUT2D eigenvalue weighted by Gasteiger charge is 2.46. The van der Waals surface area contributed by atoms with Crippen LogP contribution in [0.15, 0.2) is 66.7 Å². The lowest BCUT2D eigenvalue weighted by Crippen LogP contribution is -2.47. The lowest BCUT2D eigenvalue weighted by molar-refractivity contribution is 0.126. The van der Waals surface area contributed by atoms with E-state index < -0.39 is 0 Å². The smallest absolute Gasteiger partial charge is 0.0604 e. The Kier molecular flexibility index (Phi) is 4.65. The van der Waals surface area contributed by atoms with Crippen molar-refractivity contribution in [2.24, 2.45) is 11.3 Å². The maximum Gasteiger partial charge on any atom is 0.0604 e. The summed E-state index contributed by atoms with van der Waals surface area (Å²) in [6, 6.07) is 20.6. The van der Waals surface area contributed by atoms with Crippen LogP contribution in [0.25, 0.3) is 0 Å². The van der Waals surface area contributed by atoms with Gasteiger partial charge in [0.1, 0.15) is 0 Å². The summed E-state index contributed by atoms with van der Waals surface area (Å²) >= 11 is 0. The molecule has 3 atom stereocenters. The molecule has 1 aliphatic carbocycles. The molecular formula is C25H31N. The van der Waals surface area contributed by atoms with Gasteiger partial charge in [-0.2, -0.15) is 0 Å². The quantitative estimate of drug-likeness (QED) is 0.569. The number of hydrogen-bond acceptors (Lipinski definition) is 1. The number of rotatable bonds is 3. The predicted molar refractivity (Wildman–Crippen MR) is 112 cm³/mol. The van der Waals surface area contributed by atoms with Crippen LogP contribution < -0.4 is 4.90 Å². The maximum absolute atomic E-state index is 4.44. The lowest BCUT2D eigenvalue weighted by Gasteiger charge is -2.53. The van der Waals surface area contributed by atoms with Gasteiger partial charge in [-0.1, -0.05) is 68.5 Å². The minimum Gasteiger partial charge on any atom is -0.364 e. The largest absolute Gasteiger partial charge is 0.364 e. The van der Waals surface area contributed by atoms with Gasteiger partial charge in [0.05, 0.1) is 6.04 Å². The molecule has 2 aromatic carbocycles. The van der Waals surface area contributed by atoms with Crippen molar-refractivity contribution in [1.82, 2.24) is 0 Å². The number of benzene rings is 2. The number of anilines is 1. The Bertz CT molecular complexity index is 778. The molecule has 1 aliphatic heterocycles. The predicted octanol–water partition coefficient (Wildman–Crippen LogP) is 6.56. The van der Waals surface area contributed by atoms with Crippen LogP contribution in [0.1, 0.15) is 56.7 Å². The minimum atomic E-state index is 0.279. The average molecular weight is 346 g/mol. The number of hydrogen-bond donors (Lipinski definition) is 0. The number of allylic oxidation sites excluding steroid dienone is 1. The van der Waals surface area contributed by atoms with Crippen molar-refractivity contribution >= 4 is 5.69 Å². The fourth-order valence-electron chi connectivity index (χ4n) is 5.70. The fraction of sp³-hybridized carbons (Fsp3) is 0.440. The van der Waals surface area contributed by atoms with Gasteiger partial charge in [0.25, 0.3) is 0 Å². The van der Waals surface area contributed by atoms with E-state index in [1.165, 1.54) is 30.5 Å². The van der Waals surface area contributed by atoms with Crippen molar-refractivity contribution in [2.45, 2.75) is 52.0 Å². The normalized spacial score (nSPS) is 28.7. The summed E-state index contributed by atoms with van der Waals surface area (Å²) in [6.45, 7) is 10.4. The topological polar surface area (TPSA) is 3.24 Å². The molecule has 1 saturated carbocycles. The molecule has 0 saturated heterocycles. The second-order valence-electron chi connectivity index (χ2n) is 8.54. The number of nitrogens with zero attached hydrogens (tertiary/aromatic N) is 1. The van der Waals surface area contributed by atoms with Crippen LogP contribution >= 0.6 is 0 Å². The van der Waals surface area contributed by atoms with Crippen molar-refractivity contribution in [1.29, 1.82) is 0 Å². The van der Waals surface area contributed by atoms with E-state index in [0.717, 1.165) is 25.3 Å². The Balaban J connectivity index is 1.85. The van der Waals surface area contributed by atoms with Crippen LogP contribution in [0, 0.1) is 11.3 Å². The van der Waals surface area contributed by atoms with Gasteiger partial charge >= 0.3 is 0 Å². The summed E-state index contributed by atoms with van der Waals surface area (Å²) in [5, 5.41) is 0. The van der Waals surface area contributed by atoms with Crippen molar-refractivity contribution < 1.29 is 0 Å². The molecule has 1 nitrogen and oxygen atoms in total. The van der Waals surface area contributed by atoms with Crippen molar-refractivity contribution in [2.75, 3.05) is 11.4 Å². The van der Waals surface area contributed by atoms with Gasteiger partial charge in [-0.05, 0) is 66.7 Å². The molecule has 2 unspecified atom stereocenters. The molecule has 0 amide bonds. The molecule has 0 aromatic heterocycles. The SMILES string of the molecule is C=C1CC(C)CC(CC)([C@H]2c3ccccc3CCN2c2ccccc2)C1. The first-order chi connectivity index (χ1) is 12.6. The maximum atomic E-state index is 4.44. The van der Waals surface area contributed by atoms with E-state index in [2.05, 4.69) is 79.9 Å². The second-order valence-corrected chi connectivity index (χ2v) is 8.54. The Labute approximate surface area is 158 Å². The first-order valence-corrected chi connectivity index (χ1v) is 10.2. The van der Waals surface area contributed by atoms with Gasteiger partial charge in [0.15, 0.2) is 0 Å². The van der Waals surface area contributed by atoms with Crippen LogP contribution in [-0.2, 0) is 6.42 Å². The molecule has 1 heteroatoms. The fourth-order valence-corrected chi connectivity index (χ4v) is 5.70. The van der Waals surface area contributed by atoms with Crippen molar-refractivity contribution in [3.63, 3.8) is 0 Å². The van der Waals surface area contributed by atoms with E-state index in [4.69, 9.17) is 0 Å². The summed E-state index contributed by atoms with van der Waals surface area (Å²) in [5.41, 5.74) is 6.18. The molecule has 2 aromatic rings. The molecule has 136 valence electrons. The highest BCUT2D eigenvalue weighted by molar-refractivity contribution is 5.53. The van der Waals surface area contributed by atoms with Gasteiger partial charge in [0, 0.05) is 12.2 Å². The van der Waals surface area contributed by atoms with Gasteiger partial charge in [0.2, 0.25) is 0 Å². The Hall–Kier alpha value is -2.02. The molecule has 26 heavy (non-hydrogen) atoms. The molecule has 0 N–H and O–H groups in total. The van der Waals surface area contributed by atoms with Crippen LogP contribution in [-0.4, -0.2) is 6.54 Å². The molecule has 1 heterocycles. The third-order valence-corrected chi connectivity index (χ3v) is 6.65. The monoisotopic (exact) mass is 345 g/mol. The average Bonchev–Trinajstić information content (AvgIpc) is 2.67. The Morgan fingerprint density at radius 2 is 1.81 bits per heavy atom. The third-order valence-electron chi connectivity index (χ3n) is 6.65. The van der Waals surface area contributed by atoms with Crippen LogP contribution in [0.4, 0.5) is 5.69 Å². The molecule has 4 rings (SSSR count). The zero-order valence-electron chi connectivity index (χ0n) is 16.2. The van der Waals surface area contributed by atoms with Gasteiger partial charge < -0.3 is 4.90 Å². The number of para-hydroxylation sites is 1. The molecule has 0 spiro atoms. The van der Waals surface area contributed by atoms with E-state index in [1.807, 2.05) is 0 Å². The Morgan fingerprint density at radius 3 is 2.54 bits per heavy atom. The number of fused-ring (bicyclic) bond motifs is 1. The van der Waals surface area contributed by atoms with E-state index in [0.29, 0.717) is 6.04 Å². The van der Waals surface area contributed by atoms with Gasteiger partial charge in [-0.15, -0.1) is 0 Å². The summed E-state index contributed by atoms with van der Waals surface area (Å²) < 4.78 is 0. The molecular weight excluding hydrogens is 314 g/mol. The van der Waals surface area contributed by atoms with Crippen LogP contribution in [0.3, 0.4) is 0 Å². The first-order valence-electron chi connectivity index (χ1n) is 10.2. The summed E-state index contributed by atoms with van der Waals surface area (Å²) in [7, 11) is 0. The third kappa shape index (κ3) is 2.98. The van der Waals surface area contributed by atoms with Crippen molar-refractivity contribution in [3.8, 4) is 0 Å². The van der Waals surface area contributed by atoms with E-state index in [-0.39, 0.29) is 5.41 Å². The van der Waals surface area contributed by atoms with Crippen molar-refractivity contribution in [3.05, 3.63) is 77.9 Å². The zero-order valence-corrected chi connectivity index (χ0v) is 16.2. The van der Waals surface area contributed by atoms with E-state index in [1.54, 1.807) is 11.1 Å². The van der Waals surface area contributed by atoms with Crippen LogP contribution in [0.2, 0.25) is 0 Å². The van der Waals surface area contributed by atoms with Gasteiger partial charge in [-0.3, -0.25) is 0 Å². The first kappa shape index (κ1) is 17.4. The summed E-state index contributed by atoms with van der Waals surface area (Å²) in [6.07, 6.45) is 6.00. The lowest BCUT2D eigenvalue weighted by atomic mass is 9.60. The van der Waals surface area contributed by atoms with E-state index in [9.17, 15) is 0 Å².